The van der Waals surface area contributed by atoms with Crippen LogP contribution in [0, 0.1) is 11.6 Å². The molecule has 2 aromatic heterocycles. The average molecular weight is 416 g/mol. The molecular formula is C24H18F2N4O. The third-order valence-electron chi connectivity index (χ3n) is 5.39. The van der Waals surface area contributed by atoms with Gasteiger partial charge < -0.3 is 4.90 Å². The molecule has 2 aromatic carbocycles. The first-order valence-corrected chi connectivity index (χ1v) is 10.0. The van der Waals surface area contributed by atoms with Crippen LogP contribution in [0.3, 0.4) is 0 Å². The van der Waals surface area contributed by atoms with E-state index in [9.17, 15) is 13.6 Å². The van der Waals surface area contributed by atoms with E-state index in [-0.39, 0.29) is 12.3 Å². The van der Waals surface area contributed by atoms with Crippen molar-refractivity contribution in [2.45, 2.75) is 12.8 Å². The molecule has 0 radical (unpaired) electrons. The lowest BCUT2D eigenvalue weighted by atomic mass is 10.0. The van der Waals surface area contributed by atoms with Crippen LogP contribution in [-0.4, -0.2) is 33.8 Å². The summed E-state index contributed by atoms with van der Waals surface area (Å²) in [7, 11) is 0. The Morgan fingerprint density at radius 2 is 1.87 bits per heavy atom. The number of benzene rings is 2. The summed E-state index contributed by atoms with van der Waals surface area (Å²) in [6.07, 6.45) is 4.67. The van der Waals surface area contributed by atoms with Crippen molar-refractivity contribution < 1.29 is 13.6 Å². The smallest absolute Gasteiger partial charge is 0.163 e. The van der Waals surface area contributed by atoms with Crippen LogP contribution >= 0.6 is 0 Å². The average Bonchev–Trinajstić information content (AvgIpc) is 2.79. The summed E-state index contributed by atoms with van der Waals surface area (Å²) in [5.74, 6) is 0.0261. The molecule has 5 nitrogen and oxygen atoms in total. The number of hydrogen-bond acceptors (Lipinski definition) is 5. The summed E-state index contributed by atoms with van der Waals surface area (Å²) in [4.78, 5) is 27.7. The van der Waals surface area contributed by atoms with E-state index in [0.29, 0.717) is 46.6 Å². The number of rotatable bonds is 3. The van der Waals surface area contributed by atoms with Crippen LogP contribution in [-0.2, 0) is 4.79 Å². The third kappa shape index (κ3) is 3.74. The number of piperidine rings is 1. The van der Waals surface area contributed by atoms with Crippen molar-refractivity contribution in [3.05, 3.63) is 72.6 Å². The van der Waals surface area contributed by atoms with Crippen LogP contribution < -0.4 is 4.90 Å². The van der Waals surface area contributed by atoms with Gasteiger partial charge in [0.25, 0.3) is 0 Å². The number of aromatic nitrogens is 3. The number of halogens is 2. The van der Waals surface area contributed by atoms with E-state index in [1.54, 1.807) is 30.6 Å². The quantitative estimate of drug-likeness (QED) is 0.480. The zero-order chi connectivity index (χ0) is 21.4. The summed E-state index contributed by atoms with van der Waals surface area (Å²) >= 11 is 0. The summed E-state index contributed by atoms with van der Waals surface area (Å²) in [6.45, 7) is 0.965. The topological polar surface area (TPSA) is 59.0 Å². The van der Waals surface area contributed by atoms with Crippen molar-refractivity contribution in [1.29, 1.82) is 0 Å². The second-order valence-electron chi connectivity index (χ2n) is 7.53. The standard InChI is InChI=1S/C24H18F2N4O/c25-17-6-7-19(21(26)12-17)15-5-8-22-20(11-15)24(30-10-2-4-18(31)14-30)29-23(28-22)16-3-1-9-27-13-16/h1,3,5-9,11-13H,2,4,10,14H2. The van der Waals surface area contributed by atoms with Gasteiger partial charge >= 0.3 is 0 Å². The highest BCUT2D eigenvalue weighted by Crippen LogP contribution is 2.33. The zero-order valence-corrected chi connectivity index (χ0v) is 16.6. The molecule has 1 aliphatic rings. The van der Waals surface area contributed by atoms with Crippen molar-refractivity contribution in [1.82, 2.24) is 15.0 Å². The minimum Gasteiger partial charge on any atom is -0.349 e. The normalized spacial score (nSPS) is 14.3. The van der Waals surface area contributed by atoms with E-state index >= 15 is 0 Å². The van der Waals surface area contributed by atoms with E-state index in [0.717, 1.165) is 18.1 Å². The van der Waals surface area contributed by atoms with Gasteiger partial charge in [-0.1, -0.05) is 6.07 Å². The van der Waals surface area contributed by atoms with E-state index in [1.165, 1.54) is 12.1 Å². The first-order chi connectivity index (χ1) is 15.1. The molecule has 0 unspecified atom stereocenters. The molecule has 0 aliphatic carbocycles. The maximum atomic E-state index is 14.4. The van der Waals surface area contributed by atoms with Crippen LogP contribution in [0.5, 0.6) is 0 Å². The minimum absolute atomic E-state index is 0.154. The highest BCUT2D eigenvalue weighted by Gasteiger charge is 2.22. The van der Waals surface area contributed by atoms with Gasteiger partial charge in [-0.3, -0.25) is 9.78 Å². The molecule has 5 rings (SSSR count). The van der Waals surface area contributed by atoms with Gasteiger partial charge in [0, 0.05) is 47.9 Å². The van der Waals surface area contributed by atoms with E-state index < -0.39 is 11.6 Å². The molecule has 1 fully saturated rings. The first-order valence-electron chi connectivity index (χ1n) is 10.0. The van der Waals surface area contributed by atoms with Crippen molar-refractivity contribution in [2.24, 2.45) is 0 Å². The van der Waals surface area contributed by atoms with E-state index in [1.807, 2.05) is 17.0 Å². The van der Waals surface area contributed by atoms with Crippen LogP contribution in [0.4, 0.5) is 14.6 Å². The summed E-state index contributed by atoms with van der Waals surface area (Å²) < 4.78 is 27.8. The van der Waals surface area contributed by atoms with Crippen molar-refractivity contribution >= 4 is 22.5 Å². The van der Waals surface area contributed by atoms with Crippen LogP contribution in [0.25, 0.3) is 33.4 Å². The maximum Gasteiger partial charge on any atom is 0.163 e. The van der Waals surface area contributed by atoms with Gasteiger partial charge in [0.15, 0.2) is 11.6 Å². The lowest BCUT2D eigenvalue weighted by molar-refractivity contribution is -0.118. The van der Waals surface area contributed by atoms with Crippen LogP contribution in [0.2, 0.25) is 0 Å². The Labute approximate surface area is 177 Å². The molecule has 1 aliphatic heterocycles. The maximum absolute atomic E-state index is 14.4. The number of pyridine rings is 1. The monoisotopic (exact) mass is 416 g/mol. The summed E-state index contributed by atoms with van der Waals surface area (Å²) in [5.41, 5.74) is 2.32. The van der Waals surface area contributed by atoms with Gasteiger partial charge in [-0.15, -0.1) is 0 Å². The Balaban J connectivity index is 1.71. The molecule has 0 saturated carbocycles. The fourth-order valence-corrected chi connectivity index (χ4v) is 3.89. The molecule has 31 heavy (non-hydrogen) atoms. The van der Waals surface area contributed by atoms with Crippen molar-refractivity contribution in [2.75, 3.05) is 18.0 Å². The molecule has 0 bridgehead atoms. The lowest BCUT2D eigenvalue weighted by Gasteiger charge is -2.28. The molecule has 0 amide bonds. The molecule has 0 spiro atoms. The third-order valence-corrected chi connectivity index (χ3v) is 5.39. The van der Waals surface area contributed by atoms with Crippen LogP contribution in [0.15, 0.2) is 60.9 Å². The predicted molar refractivity (Wildman–Crippen MR) is 115 cm³/mol. The molecule has 154 valence electrons. The van der Waals surface area contributed by atoms with Crippen molar-refractivity contribution in [3.63, 3.8) is 0 Å². The number of nitrogens with zero attached hydrogens (tertiary/aromatic N) is 4. The SMILES string of the molecule is O=C1CCCN(c2nc(-c3cccnc3)nc3ccc(-c4ccc(F)cc4F)cc23)C1. The van der Waals surface area contributed by atoms with Gasteiger partial charge in [0.1, 0.15) is 17.5 Å². The van der Waals surface area contributed by atoms with E-state index in [2.05, 4.69) is 9.97 Å². The largest absolute Gasteiger partial charge is 0.349 e. The Bertz CT molecular complexity index is 1290. The van der Waals surface area contributed by atoms with Gasteiger partial charge in [0.2, 0.25) is 0 Å². The Hall–Kier alpha value is -3.74. The molecule has 3 heterocycles. The molecule has 0 N–H and O–H groups in total. The fourth-order valence-electron chi connectivity index (χ4n) is 3.89. The van der Waals surface area contributed by atoms with E-state index in [4.69, 9.17) is 4.98 Å². The summed E-state index contributed by atoms with van der Waals surface area (Å²) in [5, 5.41) is 0.712. The molecule has 4 aromatic rings. The zero-order valence-electron chi connectivity index (χ0n) is 16.6. The lowest BCUT2D eigenvalue weighted by Crippen LogP contribution is -2.36. The first kappa shape index (κ1) is 19.2. The van der Waals surface area contributed by atoms with Gasteiger partial charge in [-0.25, -0.2) is 18.7 Å². The predicted octanol–water partition coefficient (Wildman–Crippen LogP) is 4.81. The summed E-state index contributed by atoms with van der Waals surface area (Å²) in [6, 6.07) is 12.6. The highest BCUT2D eigenvalue weighted by atomic mass is 19.1. The van der Waals surface area contributed by atoms with Gasteiger partial charge in [-0.05, 0) is 48.4 Å². The number of fused-ring (bicyclic) bond motifs is 1. The highest BCUT2D eigenvalue weighted by molar-refractivity contribution is 5.96. The molecule has 0 atom stereocenters. The van der Waals surface area contributed by atoms with Crippen LogP contribution in [0.1, 0.15) is 12.8 Å². The molecule has 7 heteroatoms. The van der Waals surface area contributed by atoms with Crippen molar-refractivity contribution in [3.8, 4) is 22.5 Å². The molecular weight excluding hydrogens is 398 g/mol. The van der Waals surface area contributed by atoms with Gasteiger partial charge in [0.05, 0.1) is 12.1 Å². The Morgan fingerprint density at radius 3 is 2.65 bits per heavy atom. The second kappa shape index (κ2) is 7.83. The molecule has 1 saturated heterocycles. The van der Waals surface area contributed by atoms with Gasteiger partial charge in [-0.2, -0.15) is 0 Å². The Morgan fingerprint density at radius 1 is 0.968 bits per heavy atom. The number of anilines is 1. The number of ketones is 1. The minimum atomic E-state index is -0.637. The number of carbonyl (C=O) groups excluding carboxylic acids is 1. The second-order valence-corrected chi connectivity index (χ2v) is 7.53. The number of Topliss-reactive ketones (excluding diaryl/α,β-unsaturated/α-hetero) is 1. The number of carbonyl (C=O) groups is 1. The fraction of sp³-hybridized carbons (Fsp3) is 0.167. The Kier molecular flexibility index (Phi) is 4.86. The number of hydrogen-bond donors (Lipinski definition) is 0.